The lowest BCUT2D eigenvalue weighted by atomic mass is 9.93. The Kier molecular flexibility index (Phi) is 9.19. The minimum absolute atomic E-state index is 0.00856. The Bertz CT molecular complexity index is 930. The van der Waals surface area contributed by atoms with Gasteiger partial charge in [0.25, 0.3) is 0 Å². The quantitative estimate of drug-likeness (QED) is 0.571. The van der Waals surface area contributed by atoms with E-state index in [1.165, 1.54) is 0 Å². The SMILES string of the molecule is CCC(C(=O)N1CCC(NC(=O)CCc2cc(OC)c(OC)c(OC)c2)CC1)c1ccccc1. The molecule has 0 saturated carbocycles. The Balaban J connectivity index is 1.49. The first-order valence-corrected chi connectivity index (χ1v) is 11.9. The molecule has 0 radical (unpaired) electrons. The molecule has 2 aromatic carbocycles. The van der Waals surface area contributed by atoms with Gasteiger partial charge in [-0.1, -0.05) is 37.3 Å². The fourth-order valence-electron chi connectivity index (χ4n) is 4.54. The summed E-state index contributed by atoms with van der Waals surface area (Å²) in [6, 6.07) is 13.8. The number of carbonyl (C=O) groups excluding carboxylic acids is 2. The molecule has 1 saturated heterocycles. The number of likely N-dealkylation sites (tertiary alicyclic amines) is 1. The van der Waals surface area contributed by atoms with E-state index in [1.807, 2.05) is 47.4 Å². The van der Waals surface area contributed by atoms with Crippen molar-refractivity contribution in [3.8, 4) is 17.2 Å². The number of ether oxygens (including phenoxy) is 3. The number of carbonyl (C=O) groups is 2. The summed E-state index contributed by atoms with van der Waals surface area (Å²) >= 11 is 0. The van der Waals surface area contributed by atoms with Gasteiger partial charge in [-0.15, -0.1) is 0 Å². The van der Waals surface area contributed by atoms with Gasteiger partial charge >= 0.3 is 0 Å². The van der Waals surface area contributed by atoms with Crippen molar-refractivity contribution in [1.29, 1.82) is 0 Å². The fraction of sp³-hybridized carbons (Fsp3) is 0.481. The molecule has 1 heterocycles. The van der Waals surface area contributed by atoms with Crippen LogP contribution in [0.15, 0.2) is 42.5 Å². The molecule has 184 valence electrons. The minimum atomic E-state index is -0.106. The zero-order valence-electron chi connectivity index (χ0n) is 20.6. The Morgan fingerprint density at radius 2 is 1.62 bits per heavy atom. The number of amides is 2. The lowest BCUT2D eigenvalue weighted by Gasteiger charge is -2.34. The Labute approximate surface area is 202 Å². The van der Waals surface area contributed by atoms with Crippen molar-refractivity contribution < 1.29 is 23.8 Å². The van der Waals surface area contributed by atoms with Crippen LogP contribution < -0.4 is 19.5 Å². The monoisotopic (exact) mass is 468 g/mol. The van der Waals surface area contributed by atoms with Crippen LogP contribution in [-0.2, 0) is 16.0 Å². The van der Waals surface area contributed by atoms with E-state index in [1.54, 1.807) is 21.3 Å². The predicted octanol–water partition coefficient (Wildman–Crippen LogP) is 3.95. The average Bonchev–Trinajstić information content (AvgIpc) is 2.88. The number of hydrogen-bond donors (Lipinski definition) is 1. The predicted molar refractivity (Wildman–Crippen MR) is 132 cm³/mol. The third-order valence-electron chi connectivity index (χ3n) is 6.45. The van der Waals surface area contributed by atoms with Crippen LogP contribution in [0.2, 0.25) is 0 Å². The molecule has 1 unspecified atom stereocenters. The normalized spacial score (nSPS) is 14.9. The lowest BCUT2D eigenvalue weighted by Crippen LogP contribution is -2.47. The van der Waals surface area contributed by atoms with Crippen LogP contribution in [0.4, 0.5) is 0 Å². The number of nitrogens with zero attached hydrogens (tertiary/aromatic N) is 1. The van der Waals surface area contributed by atoms with E-state index in [4.69, 9.17) is 14.2 Å². The smallest absolute Gasteiger partial charge is 0.230 e. The van der Waals surface area contributed by atoms with E-state index >= 15 is 0 Å². The molecule has 0 bridgehead atoms. The van der Waals surface area contributed by atoms with Gasteiger partial charge in [-0.3, -0.25) is 9.59 Å². The summed E-state index contributed by atoms with van der Waals surface area (Å²) in [6.45, 7) is 3.39. The van der Waals surface area contributed by atoms with Crippen molar-refractivity contribution in [3.63, 3.8) is 0 Å². The summed E-state index contributed by atoms with van der Waals surface area (Å²) in [4.78, 5) is 27.6. The van der Waals surface area contributed by atoms with E-state index < -0.39 is 0 Å². The van der Waals surface area contributed by atoms with Crippen LogP contribution in [0.1, 0.15) is 49.7 Å². The van der Waals surface area contributed by atoms with Crippen molar-refractivity contribution in [1.82, 2.24) is 10.2 Å². The maximum absolute atomic E-state index is 13.1. The first-order valence-electron chi connectivity index (χ1n) is 11.9. The molecule has 0 spiro atoms. The second-order valence-electron chi connectivity index (χ2n) is 8.57. The van der Waals surface area contributed by atoms with Gasteiger partial charge in [0.1, 0.15) is 0 Å². The summed E-state index contributed by atoms with van der Waals surface area (Å²) in [7, 11) is 4.72. The van der Waals surface area contributed by atoms with Gasteiger partial charge in [-0.2, -0.15) is 0 Å². The number of benzene rings is 2. The third-order valence-corrected chi connectivity index (χ3v) is 6.45. The Morgan fingerprint density at radius 3 is 2.15 bits per heavy atom. The van der Waals surface area contributed by atoms with E-state index in [2.05, 4.69) is 12.2 Å². The van der Waals surface area contributed by atoms with Gasteiger partial charge in [0, 0.05) is 25.6 Å². The highest BCUT2D eigenvalue weighted by Gasteiger charge is 2.28. The topological polar surface area (TPSA) is 77.1 Å². The van der Waals surface area contributed by atoms with Gasteiger partial charge < -0.3 is 24.4 Å². The zero-order chi connectivity index (χ0) is 24.5. The maximum Gasteiger partial charge on any atom is 0.230 e. The summed E-state index contributed by atoms with van der Waals surface area (Å²) < 4.78 is 16.1. The van der Waals surface area contributed by atoms with Crippen LogP contribution in [0.5, 0.6) is 17.2 Å². The van der Waals surface area contributed by atoms with E-state index in [-0.39, 0.29) is 23.8 Å². The molecule has 1 aliphatic rings. The highest BCUT2D eigenvalue weighted by molar-refractivity contribution is 5.84. The van der Waals surface area contributed by atoms with Gasteiger partial charge in [0.2, 0.25) is 17.6 Å². The molecule has 2 amide bonds. The van der Waals surface area contributed by atoms with Crippen molar-refractivity contribution in [2.75, 3.05) is 34.4 Å². The minimum Gasteiger partial charge on any atom is -0.493 e. The molecule has 1 aliphatic heterocycles. The van der Waals surface area contributed by atoms with E-state index in [0.29, 0.717) is 43.2 Å². The van der Waals surface area contributed by atoms with Gasteiger partial charge in [0.05, 0.1) is 27.2 Å². The second-order valence-corrected chi connectivity index (χ2v) is 8.57. The number of piperidine rings is 1. The second kappa shape index (κ2) is 12.3. The molecule has 2 aromatic rings. The molecule has 1 N–H and O–H groups in total. The number of nitrogens with one attached hydrogen (secondary N) is 1. The summed E-state index contributed by atoms with van der Waals surface area (Å²) in [5.74, 6) is 1.78. The fourth-order valence-corrected chi connectivity index (χ4v) is 4.54. The van der Waals surface area contributed by atoms with Crippen molar-refractivity contribution in [2.24, 2.45) is 0 Å². The van der Waals surface area contributed by atoms with Crippen LogP contribution in [0.25, 0.3) is 0 Å². The summed E-state index contributed by atoms with van der Waals surface area (Å²) in [5.41, 5.74) is 2.01. The number of methoxy groups -OCH3 is 3. The summed E-state index contributed by atoms with van der Waals surface area (Å²) in [5, 5.41) is 3.14. The van der Waals surface area contributed by atoms with Gasteiger partial charge in [-0.05, 0) is 48.9 Å². The highest BCUT2D eigenvalue weighted by Crippen LogP contribution is 2.38. The number of aryl methyl sites for hydroxylation is 1. The number of hydrogen-bond acceptors (Lipinski definition) is 5. The Morgan fingerprint density at radius 1 is 1.00 bits per heavy atom. The first kappa shape index (κ1) is 25.4. The zero-order valence-corrected chi connectivity index (χ0v) is 20.6. The molecule has 1 atom stereocenters. The van der Waals surface area contributed by atoms with E-state index in [9.17, 15) is 9.59 Å². The Hall–Kier alpha value is -3.22. The molecular formula is C27H36N2O5. The number of rotatable bonds is 10. The molecule has 0 aliphatic carbocycles. The lowest BCUT2D eigenvalue weighted by molar-refractivity contribution is -0.134. The third kappa shape index (κ3) is 6.22. The maximum atomic E-state index is 13.1. The highest BCUT2D eigenvalue weighted by atomic mass is 16.5. The average molecular weight is 469 g/mol. The molecule has 1 fully saturated rings. The standard InChI is InChI=1S/C27H36N2O5/c1-5-22(20-9-7-6-8-10-20)27(31)29-15-13-21(14-16-29)28-25(30)12-11-19-17-23(32-2)26(34-4)24(18-19)33-3/h6-10,17-18,21-22H,5,11-16H2,1-4H3,(H,28,30). The van der Waals surface area contributed by atoms with Crippen LogP contribution >= 0.6 is 0 Å². The largest absolute Gasteiger partial charge is 0.493 e. The van der Waals surface area contributed by atoms with Crippen LogP contribution in [-0.4, -0.2) is 57.2 Å². The summed E-state index contributed by atoms with van der Waals surface area (Å²) in [6.07, 6.45) is 3.25. The van der Waals surface area contributed by atoms with Gasteiger partial charge in [0.15, 0.2) is 11.5 Å². The van der Waals surface area contributed by atoms with Crippen molar-refractivity contribution in [3.05, 3.63) is 53.6 Å². The van der Waals surface area contributed by atoms with E-state index in [0.717, 1.165) is 30.4 Å². The van der Waals surface area contributed by atoms with Crippen LogP contribution in [0.3, 0.4) is 0 Å². The first-order chi connectivity index (χ1) is 16.5. The molecule has 7 nitrogen and oxygen atoms in total. The van der Waals surface area contributed by atoms with Crippen molar-refractivity contribution >= 4 is 11.8 Å². The molecule has 0 aromatic heterocycles. The molecule has 3 rings (SSSR count). The van der Waals surface area contributed by atoms with Crippen LogP contribution in [0, 0.1) is 0 Å². The van der Waals surface area contributed by atoms with Crippen molar-refractivity contribution in [2.45, 2.75) is 51.0 Å². The molecule has 34 heavy (non-hydrogen) atoms. The molecule has 7 heteroatoms. The van der Waals surface area contributed by atoms with Gasteiger partial charge in [-0.25, -0.2) is 0 Å². The molecular weight excluding hydrogens is 432 g/mol.